The Morgan fingerprint density at radius 3 is 2.58 bits per heavy atom. The molecule has 1 aromatic carbocycles. The first-order valence-corrected chi connectivity index (χ1v) is 13.5. The topological polar surface area (TPSA) is 103 Å². The minimum atomic E-state index is -0.824. The standard InChI is InChI=1S/C27H32N4O4S/c1-16-24(36-15-28-16)18-7-9-19(10-8-18)27(3)13-21(29-26(27)35)23-12-20(33)14-31(23)25(34)22-6-4-5-11-30(22)17(2)32/h7-10,15,20,22-23,33H,4-6,11-14H2,1-3H3/t20-,22?,23?,27+/m1/s1. The Labute approximate surface area is 215 Å². The Bertz CT molecular complexity index is 1220. The summed E-state index contributed by atoms with van der Waals surface area (Å²) in [6.45, 7) is 6.14. The molecule has 3 amide bonds. The SMILES string of the molecule is CC(=O)N1CCCCC1C(=O)N1C[C@H](O)CC1C1=NC(=O)[C@](C)(c2ccc(-c3scnc3C)cc2)C1. The van der Waals surface area contributed by atoms with E-state index >= 15 is 0 Å². The number of carbonyl (C=O) groups excluding carboxylic acids is 3. The molecule has 0 saturated carbocycles. The quantitative estimate of drug-likeness (QED) is 0.684. The molecule has 190 valence electrons. The summed E-state index contributed by atoms with van der Waals surface area (Å²) >= 11 is 1.59. The monoisotopic (exact) mass is 508 g/mol. The Morgan fingerprint density at radius 2 is 1.92 bits per heavy atom. The molecule has 36 heavy (non-hydrogen) atoms. The summed E-state index contributed by atoms with van der Waals surface area (Å²) in [7, 11) is 0. The fourth-order valence-corrected chi connectivity index (χ4v) is 6.66. The molecule has 4 atom stereocenters. The van der Waals surface area contributed by atoms with Gasteiger partial charge in [-0.1, -0.05) is 24.3 Å². The average Bonchev–Trinajstić information content (AvgIpc) is 3.56. The van der Waals surface area contributed by atoms with E-state index in [-0.39, 0.29) is 24.3 Å². The van der Waals surface area contributed by atoms with E-state index in [1.54, 1.807) is 21.1 Å². The third-order valence-electron chi connectivity index (χ3n) is 7.92. The van der Waals surface area contributed by atoms with Gasteiger partial charge in [0, 0.05) is 38.6 Å². The lowest BCUT2D eigenvalue weighted by molar-refractivity contribution is -0.146. The summed E-state index contributed by atoms with van der Waals surface area (Å²) in [4.78, 5) is 52.1. The molecule has 2 saturated heterocycles. The predicted molar refractivity (Wildman–Crippen MR) is 138 cm³/mol. The number of amides is 3. The molecule has 5 rings (SSSR count). The van der Waals surface area contributed by atoms with Crippen LogP contribution in [0.25, 0.3) is 10.4 Å². The van der Waals surface area contributed by atoms with Crippen LogP contribution in [0.4, 0.5) is 0 Å². The first-order valence-electron chi connectivity index (χ1n) is 12.6. The first kappa shape index (κ1) is 24.8. The van der Waals surface area contributed by atoms with Crippen LogP contribution in [0.2, 0.25) is 0 Å². The second kappa shape index (κ2) is 9.52. The van der Waals surface area contributed by atoms with E-state index in [4.69, 9.17) is 0 Å². The summed E-state index contributed by atoms with van der Waals surface area (Å²) in [5, 5.41) is 10.5. The molecule has 0 radical (unpaired) electrons. The van der Waals surface area contributed by atoms with Crippen molar-refractivity contribution >= 4 is 34.8 Å². The van der Waals surface area contributed by atoms with E-state index in [0.29, 0.717) is 31.5 Å². The fraction of sp³-hybridized carbons (Fsp3) is 0.519. The maximum atomic E-state index is 13.6. The number of aromatic nitrogens is 1. The number of rotatable bonds is 4. The van der Waals surface area contributed by atoms with Crippen molar-refractivity contribution < 1.29 is 19.5 Å². The lowest BCUT2D eigenvalue weighted by atomic mass is 9.78. The van der Waals surface area contributed by atoms with Gasteiger partial charge in [-0.25, -0.2) is 9.98 Å². The molecule has 8 nitrogen and oxygen atoms in total. The number of benzene rings is 1. The van der Waals surface area contributed by atoms with Crippen molar-refractivity contribution in [2.24, 2.45) is 4.99 Å². The van der Waals surface area contributed by atoms with Gasteiger partial charge in [-0.05, 0) is 44.2 Å². The van der Waals surface area contributed by atoms with E-state index in [2.05, 4.69) is 9.98 Å². The number of hydrogen-bond acceptors (Lipinski definition) is 6. The van der Waals surface area contributed by atoms with Crippen LogP contribution >= 0.6 is 11.3 Å². The van der Waals surface area contributed by atoms with Crippen LogP contribution in [0, 0.1) is 6.92 Å². The van der Waals surface area contributed by atoms with Crippen LogP contribution < -0.4 is 0 Å². The molecular formula is C27H32N4O4S. The van der Waals surface area contributed by atoms with Gasteiger partial charge in [0.1, 0.15) is 6.04 Å². The van der Waals surface area contributed by atoms with Gasteiger partial charge in [0.05, 0.1) is 33.6 Å². The minimum Gasteiger partial charge on any atom is -0.391 e. The van der Waals surface area contributed by atoms with Crippen molar-refractivity contribution in [3.05, 3.63) is 41.0 Å². The van der Waals surface area contributed by atoms with Crippen molar-refractivity contribution in [1.82, 2.24) is 14.8 Å². The molecule has 0 aliphatic carbocycles. The van der Waals surface area contributed by atoms with Gasteiger partial charge in [0.15, 0.2) is 0 Å². The molecule has 3 aliphatic heterocycles. The number of aliphatic imine (C=N–C) groups is 1. The van der Waals surface area contributed by atoms with Gasteiger partial charge in [-0.2, -0.15) is 0 Å². The molecule has 0 bridgehead atoms. The number of carbonyl (C=O) groups is 3. The Morgan fingerprint density at radius 1 is 1.17 bits per heavy atom. The highest BCUT2D eigenvalue weighted by molar-refractivity contribution is 7.13. The lowest BCUT2D eigenvalue weighted by Crippen LogP contribution is -2.54. The van der Waals surface area contributed by atoms with Crippen LogP contribution in [-0.2, 0) is 19.8 Å². The zero-order chi connectivity index (χ0) is 25.6. The molecule has 2 fully saturated rings. The average molecular weight is 509 g/mol. The molecule has 1 N–H and O–H groups in total. The maximum absolute atomic E-state index is 13.6. The van der Waals surface area contributed by atoms with E-state index in [9.17, 15) is 19.5 Å². The maximum Gasteiger partial charge on any atom is 0.256 e. The number of β-amino-alcohol motifs (C(OH)–C–C–N with tert-alkyl or cyclic N) is 1. The molecule has 2 aromatic rings. The third kappa shape index (κ3) is 4.28. The Hall–Kier alpha value is -2.91. The van der Waals surface area contributed by atoms with Crippen LogP contribution in [-0.4, -0.2) is 74.6 Å². The number of aliphatic hydroxyl groups excluding tert-OH is 1. The normalized spacial score (nSPS) is 28.5. The summed E-state index contributed by atoms with van der Waals surface area (Å²) in [5.74, 6) is -0.488. The van der Waals surface area contributed by atoms with Gasteiger partial charge in [-0.3, -0.25) is 14.4 Å². The molecule has 2 unspecified atom stereocenters. The number of aliphatic hydroxyl groups is 1. The van der Waals surface area contributed by atoms with E-state index in [0.717, 1.165) is 34.5 Å². The van der Waals surface area contributed by atoms with Gasteiger partial charge in [0.25, 0.3) is 5.91 Å². The fourth-order valence-electron chi connectivity index (χ4n) is 5.85. The second-order valence-corrected chi connectivity index (χ2v) is 11.2. The molecule has 1 aromatic heterocycles. The second-order valence-electron chi connectivity index (χ2n) is 10.4. The molecule has 3 aliphatic rings. The van der Waals surface area contributed by atoms with Crippen molar-refractivity contribution in [2.45, 2.75) is 76.5 Å². The zero-order valence-corrected chi connectivity index (χ0v) is 21.8. The largest absolute Gasteiger partial charge is 0.391 e. The Balaban J connectivity index is 1.37. The van der Waals surface area contributed by atoms with Gasteiger partial charge in [0.2, 0.25) is 11.8 Å². The highest BCUT2D eigenvalue weighted by Crippen LogP contribution is 2.39. The smallest absolute Gasteiger partial charge is 0.256 e. The number of thiazole rings is 1. The molecule has 0 spiro atoms. The molecular weight excluding hydrogens is 476 g/mol. The molecule has 9 heteroatoms. The van der Waals surface area contributed by atoms with Crippen molar-refractivity contribution in [3.63, 3.8) is 0 Å². The van der Waals surface area contributed by atoms with Crippen LogP contribution in [0.15, 0.2) is 34.8 Å². The van der Waals surface area contributed by atoms with Gasteiger partial charge in [-0.15, -0.1) is 11.3 Å². The number of aryl methyl sites for hydroxylation is 1. The number of likely N-dealkylation sites (tertiary alicyclic amines) is 2. The predicted octanol–water partition coefficient (Wildman–Crippen LogP) is 3.11. The van der Waals surface area contributed by atoms with Crippen LogP contribution in [0.3, 0.4) is 0 Å². The van der Waals surface area contributed by atoms with Crippen molar-refractivity contribution in [2.75, 3.05) is 13.1 Å². The summed E-state index contributed by atoms with van der Waals surface area (Å²) in [6.07, 6.45) is 2.45. The van der Waals surface area contributed by atoms with Gasteiger partial charge >= 0.3 is 0 Å². The number of nitrogens with zero attached hydrogens (tertiary/aromatic N) is 4. The summed E-state index contributed by atoms with van der Waals surface area (Å²) < 4.78 is 0. The van der Waals surface area contributed by atoms with E-state index in [1.807, 2.05) is 43.6 Å². The third-order valence-corrected chi connectivity index (χ3v) is 8.90. The minimum absolute atomic E-state index is 0.109. The van der Waals surface area contributed by atoms with E-state index < -0.39 is 23.6 Å². The zero-order valence-electron chi connectivity index (χ0n) is 20.9. The van der Waals surface area contributed by atoms with Crippen molar-refractivity contribution in [1.29, 1.82) is 0 Å². The Kier molecular flexibility index (Phi) is 6.55. The van der Waals surface area contributed by atoms with Crippen LogP contribution in [0.1, 0.15) is 57.2 Å². The van der Waals surface area contributed by atoms with Gasteiger partial charge < -0.3 is 14.9 Å². The highest BCUT2D eigenvalue weighted by Gasteiger charge is 2.48. The highest BCUT2D eigenvalue weighted by atomic mass is 32.1. The number of hydrogen-bond donors (Lipinski definition) is 1. The number of piperidine rings is 1. The van der Waals surface area contributed by atoms with E-state index in [1.165, 1.54) is 6.92 Å². The van der Waals surface area contributed by atoms with Crippen molar-refractivity contribution in [3.8, 4) is 10.4 Å². The first-order chi connectivity index (χ1) is 17.2. The molecule has 4 heterocycles. The lowest BCUT2D eigenvalue weighted by Gasteiger charge is -2.38. The summed E-state index contributed by atoms with van der Waals surface area (Å²) in [6, 6.07) is 7.03. The summed E-state index contributed by atoms with van der Waals surface area (Å²) in [5.41, 5.74) is 4.56. The van der Waals surface area contributed by atoms with Crippen LogP contribution in [0.5, 0.6) is 0 Å².